The largest absolute Gasteiger partial charge is 0.474 e. The molecular formula is C32H39F2N9O2S. The highest BCUT2D eigenvalue weighted by Crippen LogP contribution is 2.42. The van der Waals surface area contributed by atoms with E-state index >= 15 is 4.39 Å². The molecule has 6 heterocycles. The summed E-state index contributed by atoms with van der Waals surface area (Å²) < 4.78 is 33.4. The number of hydrogen-bond acceptors (Lipinski definition) is 10. The second-order valence-corrected chi connectivity index (χ2v) is 13.3. The lowest BCUT2D eigenvalue weighted by Crippen LogP contribution is -2.43. The highest BCUT2D eigenvalue weighted by Gasteiger charge is 2.45. The first-order valence-corrected chi connectivity index (χ1v) is 16.4. The number of aliphatic hydroxyl groups is 1. The minimum Gasteiger partial charge on any atom is -0.474 e. The number of alkyl halides is 1. The number of aromatic nitrogens is 4. The summed E-state index contributed by atoms with van der Waals surface area (Å²) in [4.78, 5) is 25.3. The molecule has 3 aromatic heterocycles. The average molecular weight is 652 g/mol. The molecule has 0 bridgehead atoms. The maximum Gasteiger partial charge on any atom is 0.247 e. The van der Waals surface area contributed by atoms with Crippen LogP contribution in [0.25, 0.3) is 21.3 Å². The molecule has 0 saturated carbocycles. The second kappa shape index (κ2) is 13.4. The van der Waals surface area contributed by atoms with E-state index in [0.717, 1.165) is 50.9 Å². The van der Waals surface area contributed by atoms with Crippen LogP contribution in [0.15, 0.2) is 23.5 Å². The van der Waals surface area contributed by atoms with E-state index in [1.807, 2.05) is 23.6 Å². The van der Waals surface area contributed by atoms with Crippen LogP contribution in [0.5, 0.6) is 5.88 Å². The number of fused-ring (bicyclic) bond motifs is 3. The summed E-state index contributed by atoms with van der Waals surface area (Å²) in [5.74, 6) is 0.552. The summed E-state index contributed by atoms with van der Waals surface area (Å²) in [6, 6.07) is 5.41. The van der Waals surface area contributed by atoms with Gasteiger partial charge in [0, 0.05) is 32.6 Å². The Bertz CT molecular complexity index is 1770. The first-order valence-electron chi connectivity index (χ1n) is 15.6. The summed E-state index contributed by atoms with van der Waals surface area (Å²) >= 11 is 1.17. The zero-order chi connectivity index (χ0) is 32.4. The third-order valence-corrected chi connectivity index (χ3v) is 10.2. The summed E-state index contributed by atoms with van der Waals surface area (Å²) in [7, 11) is 4.18. The summed E-state index contributed by atoms with van der Waals surface area (Å²) in [6.45, 7) is 4.26. The minimum absolute atomic E-state index is 0.0421. The number of imidazole rings is 1. The molecule has 1 unspecified atom stereocenters. The van der Waals surface area contributed by atoms with Gasteiger partial charge in [0.15, 0.2) is 11.2 Å². The Morgan fingerprint density at radius 2 is 1.98 bits per heavy atom. The highest BCUT2D eigenvalue weighted by atomic mass is 32.1. The van der Waals surface area contributed by atoms with Gasteiger partial charge in [-0.05, 0) is 63.2 Å². The number of piperidine rings is 1. The van der Waals surface area contributed by atoms with Gasteiger partial charge in [0.25, 0.3) is 0 Å². The number of ether oxygens (including phenoxy) is 1. The van der Waals surface area contributed by atoms with Crippen molar-refractivity contribution in [1.82, 2.24) is 29.3 Å². The fraction of sp³-hybridized carbons (Fsp3) is 0.531. The van der Waals surface area contributed by atoms with E-state index in [2.05, 4.69) is 16.0 Å². The number of β-amino-alcohol motifs (C(OH)–C–C–N with tert-alkyl or cyclic N) is 1. The van der Waals surface area contributed by atoms with Crippen LogP contribution in [0.3, 0.4) is 0 Å². The Morgan fingerprint density at radius 1 is 1.20 bits per heavy atom. The monoisotopic (exact) mass is 651 g/mol. The molecule has 4 aromatic rings. The van der Waals surface area contributed by atoms with E-state index in [9.17, 15) is 14.8 Å². The smallest absolute Gasteiger partial charge is 0.247 e. The molecule has 0 aliphatic carbocycles. The average Bonchev–Trinajstić information content (AvgIpc) is 3.83. The zero-order valence-electron chi connectivity index (χ0n) is 26.4. The van der Waals surface area contributed by atoms with Gasteiger partial charge in [-0.2, -0.15) is 15.2 Å². The van der Waals surface area contributed by atoms with Crippen LogP contribution < -0.4 is 9.64 Å². The molecule has 1 aromatic carbocycles. The van der Waals surface area contributed by atoms with Crippen LogP contribution in [-0.4, -0.2) is 106 Å². The van der Waals surface area contributed by atoms with Gasteiger partial charge in [-0.3, -0.25) is 9.29 Å². The molecule has 3 saturated heterocycles. The number of rotatable bonds is 8. The molecule has 3 aliphatic heterocycles. The van der Waals surface area contributed by atoms with Crippen LogP contribution in [-0.2, 0) is 6.54 Å². The lowest BCUT2D eigenvalue weighted by molar-refractivity contribution is 0.111. The van der Waals surface area contributed by atoms with Gasteiger partial charge >= 0.3 is 0 Å². The normalized spacial score (nSPS) is 19.4. The quantitative estimate of drug-likeness (QED) is 0.210. The van der Waals surface area contributed by atoms with Crippen LogP contribution in [0.2, 0.25) is 0 Å². The van der Waals surface area contributed by atoms with Crippen molar-refractivity contribution in [2.45, 2.75) is 56.7 Å². The predicted octanol–water partition coefficient (Wildman–Crippen LogP) is 4.88. The number of anilines is 1. The van der Waals surface area contributed by atoms with Crippen molar-refractivity contribution in [3.63, 3.8) is 0 Å². The van der Waals surface area contributed by atoms with Crippen molar-refractivity contribution in [3.8, 4) is 11.9 Å². The number of nitriles is 1. The van der Waals surface area contributed by atoms with Crippen molar-refractivity contribution >= 4 is 49.9 Å². The summed E-state index contributed by atoms with van der Waals surface area (Å²) in [5, 5.41) is 21.5. The maximum absolute atomic E-state index is 15.0. The maximum atomic E-state index is 15.0. The van der Waals surface area contributed by atoms with E-state index in [-0.39, 0.29) is 11.4 Å². The number of nitrogens with zero attached hydrogens (tertiary/aromatic N) is 9. The van der Waals surface area contributed by atoms with Gasteiger partial charge < -0.3 is 24.2 Å². The number of hydrogen-bond donors (Lipinski definition) is 1. The molecule has 1 atom stereocenters. The fourth-order valence-electron chi connectivity index (χ4n) is 6.97. The van der Waals surface area contributed by atoms with Crippen molar-refractivity contribution in [1.29, 1.82) is 5.26 Å². The Morgan fingerprint density at radius 3 is 2.70 bits per heavy atom. The SMILES string of the molecule is CF.CN(C)/C=N/c1sc2c(F)ccc(Cn3cnc4c(OCC56CCCN5CCC6)nc(N5CCCC(O)C5)nc43)c2c1C#N. The summed E-state index contributed by atoms with van der Waals surface area (Å²) in [5.41, 5.74) is 2.31. The zero-order valence-corrected chi connectivity index (χ0v) is 27.2. The molecule has 3 aliphatic rings. The van der Waals surface area contributed by atoms with Gasteiger partial charge in [-0.25, -0.2) is 14.4 Å². The van der Waals surface area contributed by atoms with Gasteiger partial charge in [-0.1, -0.05) is 6.07 Å². The van der Waals surface area contributed by atoms with Crippen LogP contribution in [0.4, 0.5) is 19.7 Å². The Kier molecular flexibility index (Phi) is 9.35. The standard InChI is InChI=1S/C31H36FN9O2S.CH3F/c1-38(2)18-35-29-22(14-33)24-20(7-8-23(32)26(24)44-29)15-40-19-34-25-27(40)36-30(39-11-3-6-21(42)16-39)37-28(25)43-17-31-9-4-12-41(31)13-5-10-31;1-2/h7-8,18-19,21,42H,3-6,9-13,15-17H2,1-2H3;1H3/b35-18+;. The van der Waals surface area contributed by atoms with Crippen molar-refractivity contribution in [3.05, 3.63) is 35.4 Å². The van der Waals surface area contributed by atoms with Crippen molar-refractivity contribution in [2.24, 2.45) is 4.99 Å². The van der Waals surface area contributed by atoms with E-state index in [1.165, 1.54) is 30.2 Å². The third kappa shape index (κ3) is 5.99. The molecule has 7 rings (SSSR count). The molecule has 0 spiro atoms. The molecule has 0 radical (unpaired) electrons. The Balaban J connectivity index is 0.00000182. The number of aliphatic imine (C=N–C) groups is 1. The molecule has 1 N–H and O–H groups in total. The van der Waals surface area contributed by atoms with E-state index in [1.54, 1.807) is 23.6 Å². The number of halogens is 2. The second-order valence-electron chi connectivity index (χ2n) is 12.3. The van der Waals surface area contributed by atoms with E-state index in [0.29, 0.717) is 70.5 Å². The lowest BCUT2D eigenvalue weighted by atomic mass is 9.95. The lowest BCUT2D eigenvalue weighted by Gasteiger charge is -2.32. The predicted molar refractivity (Wildman–Crippen MR) is 176 cm³/mol. The topological polar surface area (TPSA) is 119 Å². The Hall–Kier alpha value is -3.93. The third-order valence-electron chi connectivity index (χ3n) is 9.11. The van der Waals surface area contributed by atoms with Gasteiger partial charge in [0.2, 0.25) is 11.8 Å². The van der Waals surface area contributed by atoms with Gasteiger partial charge in [-0.15, -0.1) is 11.3 Å². The van der Waals surface area contributed by atoms with Crippen molar-refractivity contribution < 1.29 is 18.6 Å². The van der Waals surface area contributed by atoms with Crippen molar-refractivity contribution in [2.75, 3.05) is 59.0 Å². The van der Waals surface area contributed by atoms with Crippen LogP contribution in [0, 0.1) is 17.1 Å². The summed E-state index contributed by atoms with van der Waals surface area (Å²) in [6.07, 6.45) is 9.05. The Labute approximate surface area is 270 Å². The number of aliphatic hydroxyl groups excluding tert-OH is 1. The highest BCUT2D eigenvalue weighted by molar-refractivity contribution is 7.23. The van der Waals surface area contributed by atoms with E-state index in [4.69, 9.17) is 19.7 Å². The molecule has 3 fully saturated rings. The van der Waals surface area contributed by atoms with Gasteiger partial charge in [0.05, 0.1) is 48.3 Å². The first kappa shape index (κ1) is 32.0. The first-order chi connectivity index (χ1) is 22.3. The molecule has 46 heavy (non-hydrogen) atoms. The molecule has 14 heteroatoms. The molecule has 0 amide bonds. The van der Waals surface area contributed by atoms with Gasteiger partial charge in [0.1, 0.15) is 23.5 Å². The molecule has 11 nitrogen and oxygen atoms in total. The number of thiophene rings is 1. The minimum atomic E-state index is -0.443. The molecular weight excluding hydrogens is 612 g/mol. The fourth-order valence-corrected chi connectivity index (χ4v) is 8.01. The van der Waals surface area contributed by atoms with E-state index < -0.39 is 6.10 Å². The van der Waals surface area contributed by atoms with Crippen LogP contribution >= 0.6 is 11.3 Å². The number of benzene rings is 1. The van der Waals surface area contributed by atoms with Crippen LogP contribution in [0.1, 0.15) is 49.7 Å². The molecule has 244 valence electrons.